The lowest BCUT2D eigenvalue weighted by molar-refractivity contribution is -0.151. The molecule has 0 saturated carbocycles. The van der Waals surface area contributed by atoms with Crippen molar-refractivity contribution < 1.29 is 14.3 Å². The highest BCUT2D eigenvalue weighted by Crippen LogP contribution is 2.21. The summed E-state index contributed by atoms with van der Waals surface area (Å²) in [5, 5.41) is 1.75. The Hall–Kier alpha value is -3.20. The van der Waals surface area contributed by atoms with E-state index in [1.54, 1.807) is 29.3 Å². The van der Waals surface area contributed by atoms with Crippen LogP contribution in [-0.2, 0) is 20.9 Å². The minimum Gasteiger partial charge on any atom is -0.466 e. The number of aromatic nitrogens is 2. The number of piperidine rings is 1. The normalized spacial score (nSPS) is 14.6. The van der Waals surface area contributed by atoms with E-state index < -0.39 is 5.69 Å². The summed E-state index contributed by atoms with van der Waals surface area (Å²) < 4.78 is 8.07. The molecule has 4 rings (SSSR count). The highest BCUT2D eigenvalue weighted by Gasteiger charge is 2.29. The van der Waals surface area contributed by atoms with E-state index in [0.29, 0.717) is 48.4 Å². The number of hydrogen-bond acceptors (Lipinski definition) is 6. The van der Waals surface area contributed by atoms with Gasteiger partial charge in [0, 0.05) is 13.1 Å². The largest absolute Gasteiger partial charge is 0.466 e. The summed E-state index contributed by atoms with van der Waals surface area (Å²) in [5.74, 6) is -0.634. The smallest absolute Gasteiger partial charge is 0.336 e. The van der Waals surface area contributed by atoms with Crippen molar-refractivity contribution >= 4 is 33.4 Å². The molecule has 8 nitrogen and oxygen atoms in total. The van der Waals surface area contributed by atoms with Crippen molar-refractivity contribution in [2.45, 2.75) is 40.2 Å². The molecule has 1 saturated heterocycles. The first-order valence-electron chi connectivity index (χ1n) is 11.1. The third kappa shape index (κ3) is 4.37. The van der Waals surface area contributed by atoms with Crippen molar-refractivity contribution in [1.82, 2.24) is 14.0 Å². The third-order valence-corrected chi connectivity index (χ3v) is 7.00. The molecule has 0 unspecified atom stereocenters. The standard InChI is InChI=1S/C24H27N3O5S/c1-4-32-23(30)17-7-10-25(11-8-17)20(28)14-26-19-9-12-33-21(19)22(29)27(24(26)31)18-6-5-15(2)13-16(18)3/h5-6,9,12-13,17H,4,7-8,10-11,14H2,1-3H3. The van der Waals surface area contributed by atoms with Gasteiger partial charge in [-0.3, -0.25) is 19.0 Å². The van der Waals surface area contributed by atoms with Crippen molar-refractivity contribution in [3.05, 3.63) is 61.6 Å². The molecule has 33 heavy (non-hydrogen) atoms. The summed E-state index contributed by atoms with van der Waals surface area (Å²) in [7, 11) is 0. The van der Waals surface area contributed by atoms with E-state index in [4.69, 9.17) is 4.74 Å². The summed E-state index contributed by atoms with van der Waals surface area (Å²) in [6.07, 6.45) is 1.07. The van der Waals surface area contributed by atoms with Crippen molar-refractivity contribution in [3.63, 3.8) is 0 Å². The van der Waals surface area contributed by atoms with Crippen LogP contribution in [0, 0.1) is 19.8 Å². The van der Waals surface area contributed by atoms with E-state index in [0.717, 1.165) is 15.7 Å². The van der Waals surface area contributed by atoms with Crippen LogP contribution in [0.2, 0.25) is 0 Å². The molecule has 1 aliphatic heterocycles. The predicted octanol–water partition coefficient (Wildman–Crippen LogP) is 2.63. The number of aryl methyl sites for hydroxylation is 2. The van der Waals surface area contributed by atoms with Gasteiger partial charge in [0.2, 0.25) is 5.91 Å². The zero-order chi connectivity index (χ0) is 23.7. The van der Waals surface area contributed by atoms with E-state index in [-0.39, 0.29) is 29.9 Å². The van der Waals surface area contributed by atoms with Gasteiger partial charge in [0.25, 0.3) is 5.56 Å². The van der Waals surface area contributed by atoms with Gasteiger partial charge in [0.15, 0.2) is 0 Å². The van der Waals surface area contributed by atoms with E-state index >= 15 is 0 Å². The number of fused-ring (bicyclic) bond motifs is 1. The van der Waals surface area contributed by atoms with Crippen molar-refractivity contribution in [1.29, 1.82) is 0 Å². The van der Waals surface area contributed by atoms with Crippen LogP contribution in [0.1, 0.15) is 30.9 Å². The van der Waals surface area contributed by atoms with Crippen LogP contribution in [0.25, 0.3) is 15.9 Å². The number of nitrogens with zero attached hydrogens (tertiary/aromatic N) is 3. The van der Waals surface area contributed by atoms with E-state index in [1.807, 2.05) is 26.0 Å². The molecule has 2 aromatic heterocycles. The first-order chi connectivity index (χ1) is 15.8. The first kappa shape index (κ1) is 23.0. The number of esters is 1. The monoisotopic (exact) mass is 469 g/mol. The molecular formula is C24H27N3O5S. The first-order valence-corrected chi connectivity index (χ1v) is 11.9. The second kappa shape index (κ2) is 9.35. The molecule has 0 N–H and O–H groups in total. The highest BCUT2D eigenvalue weighted by atomic mass is 32.1. The second-order valence-electron chi connectivity index (χ2n) is 8.34. The predicted molar refractivity (Wildman–Crippen MR) is 127 cm³/mol. The fraction of sp³-hybridized carbons (Fsp3) is 0.417. The number of carbonyl (C=O) groups excluding carboxylic acids is 2. The molecule has 9 heteroatoms. The van der Waals surface area contributed by atoms with E-state index in [9.17, 15) is 19.2 Å². The summed E-state index contributed by atoms with van der Waals surface area (Å²) in [6.45, 7) is 6.62. The SMILES string of the molecule is CCOC(=O)C1CCN(C(=O)Cn2c(=O)n(-c3ccc(C)cc3C)c(=O)c3sccc32)CC1. The lowest BCUT2D eigenvalue weighted by atomic mass is 9.97. The fourth-order valence-electron chi connectivity index (χ4n) is 4.37. The van der Waals surface area contributed by atoms with E-state index in [1.165, 1.54) is 15.9 Å². The third-order valence-electron chi connectivity index (χ3n) is 6.11. The Kier molecular flexibility index (Phi) is 6.51. The Morgan fingerprint density at radius 3 is 2.52 bits per heavy atom. The number of carbonyl (C=O) groups is 2. The summed E-state index contributed by atoms with van der Waals surface area (Å²) >= 11 is 1.26. The average molecular weight is 470 g/mol. The maximum atomic E-state index is 13.5. The molecule has 0 bridgehead atoms. The number of benzene rings is 1. The van der Waals surface area contributed by atoms with Gasteiger partial charge in [-0.05, 0) is 56.7 Å². The minimum absolute atomic E-state index is 0.165. The van der Waals surface area contributed by atoms with Crippen LogP contribution in [0.15, 0.2) is 39.2 Å². The number of thiophene rings is 1. The Bertz CT molecular complexity index is 1330. The summed E-state index contributed by atoms with van der Waals surface area (Å²) in [5.41, 5.74) is 1.91. The number of amides is 1. The van der Waals surface area contributed by atoms with Crippen LogP contribution >= 0.6 is 11.3 Å². The highest BCUT2D eigenvalue weighted by molar-refractivity contribution is 7.17. The molecule has 3 aromatic rings. The molecule has 1 amide bonds. The van der Waals surface area contributed by atoms with Gasteiger partial charge in [0.05, 0.1) is 23.7 Å². The van der Waals surface area contributed by atoms with Gasteiger partial charge in [-0.2, -0.15) is 0 Å². The Balaban J connectivity index is 1.66. The second-order valence-corrected chi connectivity index (χ2v) is 9.26. The Morgan fingerprint density at radius 1 is 1.12 bits per heavy atom. The lowest BCUT2D eigenvalue weighted by Gasteiger charge is -2.31. The average Bonchev–Trinajstić information content (AvgIpc) is 3.28. The summed E-state index contributed by atoms with van der Waals surface area (Å²) in [6, 6.07) is 7.24. The van der Waals surface area contributed by atoms with E-state index in [2.05, 4.69) is 0 Å². The molecule has 1 fully saturated rings. The van der Waals surface area contributed by atoms with Crippen LogP contribution < -0.4 is 11.2 Å². The molecule has 0 radical (unpaired) electrons. The zero-order valence-electron chi connectivity index (χ0n) is 19.0. The Labute approximate surface area is 195 Å². The van der Waals surface area contributed by atoms with Crippen molar-refractivity contribution in [3.8, 4) is 5.69 Å². The van der Waals surface area contributed by atoms with Gasteiger partial charge < -0.3 is 9.64 Å². The fourth-order valence-corrected chi connectivity index (χ4v) is 5.19. The molecule has 1 aromatic carbocycles. The van der Waals surface area contributed by atoms with Crippen LogP contribution in [0.4, 0.5) is 0 Å². The Morgan fingerprint density at radius 2 is 1.85 bits per heavy atom. The maximum absolute atomic E-state index is 13.5. The molecule has 3 heterocycles. The van der Waals surface area contributed by atoms with Crippen molar-refractivity contribution in [2.24, 2.45) is 5.92 Å². The topological polar surface area (TPSA) is 90.6 Å². The molecule has 1 aliphatic rings. The number of likely N-dealkylation sites (tertiary alicyclic amines) is 1. The number of hydrogen-bond donors (Lipinski definition) is 0. The summed E-state index contributed by atoms with van der Waals surface area (Å²) in [4.78, 5) is 53.4. The van der Waals surface area contributed by atoms with Crippen LogP contribution in [0.5, 0.6) is 0 Å². The number of rotatable bonds is 5. The van der Waals surface area contributed by atoms with Gasteiger partial charge in [-0.25, -0.2) is 9.36 Å². The van der Waals surface area contributed by atoms with Gasteiger partial charge >= 0.3 is 11.7 Å². The van der Waals surface area contributed by atoms with Crippen LogP contribution in [-0.4, -0.2) is 45.6 Å². The van der Waals surface area contributed by atoms with Gasteiger partial charge in [-0.1, -0.05) is 17.7 Å². The van der Waals surface area contributed by atoms with Crippen molar-refractivity contribution in [2.75, 3.05) is 19.7 Å². The quantitative estimate of drug-likeness (QED) is 0.536. The molecular weight excluding hydrogens is 442 g/mol. The van der Waals surface area contributed by atoms with Crippen LogP contribution in [0.3, 0.4) is 0 Å². The van der Waals surface area contributed by atoms with Gasteiger partial charge in [-0.15, -0.1) is 11.3 Å². The number of ether oxygens (including phenoxy) is 1. The zero-order valence-corrected chi connectivity index (χ0v) is 19.8. The molecule has 0 aliphatic carbocycles. The minimum atomic E-state index is -0.535. The lowest BCUT2D eigenvalue weighted by Crippen LogP contribution is -2.45. The molecule has 0 spiro atoms. The molecule has 174 valence electrons. The van der Waals surface area contributed by atoms with Gasteiger partial charge in [0.1, 0.15) is 11.2 Å². The molecule has 0 atom stereocenters. The maximum Gasteiger partial charge on any atom is 0.336 e.